The first-order valence-corrected chi connectivity index (χ1v) is 5.79. The smallest absolute Gasteiger partial charge is 0.256 e. The largest absolute Gasteiger partial charge is 0.307 e. The molecule has 5 nitrogen and oxygen atoms in total. The van der Waals surface area contributed by atoms with E-state index in [1.54, 1.807) is 30.8 Å². The maximum atomic E-state index is 12.0. The number of carbonyl (C=O) groups is 1. The fourth-order valence-corrected chi connectivity index (χ4v) is 1.93. The predicted octanol–water partition coefficient (Wildman–Crippen LogP) is 2.34. The minimum Gasteiger partial charge on any atom is -0.307 e. The number of aromatic nitrogens is 3. The van der Waals surface area contributed by atoms with E-state index in [1.807, 2.05) is 6.92 Å². The Morgan fingerprint density at radius 3 is 2.56 bits per heavy atom. The van der Waals surface area contributed by atoms with Crippen molar-refractivity contribution in [1.82, 2.24) is 14.8 Å². The topological polar surface area (TPSA) is 59.8 Å². The van der Waals surface area contributed by atoms with Gasteiger partial charge in [-0.2, -0.15) is 5.10 Å². The molecule has 0 saturated carbocycles. The molecule has 1 N–H and O–H groups in total. The first kappa shape index (κ1) is 12.6. The lowest BCUT2D eigenvalue weighted by molar-refractivity contribution is 0.102. The zero-order valence-electron chi connectivity index (χ0n) is 10.4. The van der Waals surface area contributed by atoms with Crippen molar-refractivity contribution in [2.45, 2.75) is 13.8 Å². The molecule has 0 saturated heterocycles. The quantitative estimate of drug-likeness (QED) is 0.847. The van der Waals surface area contributed by atoms with Crippen LogP contribution in [0.4, 0.5) is 5.82 Å². The first-order chi connectivity index (χ1) is 8.45. The van der Waals surface area contributed by atoms with Crippen LogP contribution < -0.4 is 5.32 Å². The SMILES string of the molecule is Cc1cc(C(=O)Nc2cc(C)nn2C)cc(Cl)n1. The van der Waals surface area contributed by atoms with Crippen LogP contribution in [-0.4, -0.2) is 20.7 Å². The van der Waals surface area contributed by atoms with Crippen LogP contribution in [-0.2, 0) is 7.05 Å². The highest BCUT2D eigenvalue weighted by Crippen LogP contribution is 2.14. The number of pyridine rings is 1. The number of anilines is 1. The molecule has 94 valence electrons. The number of carbonyl (C=O) groups excluding carboxylic acids is 1. The van der Waals surface area contributed by atoms with Gasteiger partial charge in [0.15, 0.2) is 0 Å². The monoisotopic (exact) mass is 264 g/mol. The molecule has 0 aromatic carbocycles. The summed E-state index contributed by atoms with van der Waals surface area (Å²) in [6.45, 7) is 3.65. The summed E-state index contributed by atoms with van der Waals surface area (Å²) in [6, 6.07) is 5.02. The lowest BCUT2D eigenvalue weighted by atomic mass is 10.2. The van der Waals surface area contributed by atoms with Crippen LogP contribution in [0.3, 0.4) is 0 Å². The van der Waals surface area contributed by atoms with Gasteiger partial charge in [0.2, 0.25) is 0 Å². The molecule has 0 aliphatic heterocycles. The normalized spacial score (nSPS) is 10.4. The van der Waals surface area contributed by atoms with Crippen LogP contribution in [0.5, 0.6) is 0 Å². The van der Waals surface area contributed by atoms with Gasteiger partial charge in [0.1, 0.15) is 11.0 Å². The molecule has 0 unspecified atom stereocenters. The number of amides is 1. The summed E-state index contributed by atoms with van der Waals surface area (Å²) in [4.78, 5) is 16.1. The second kappa shape index (κ2) is 4.78. The van der Waals surface area contributed by atoms with E-state index in [1.165, 1.54) is 6.07 Å². The average molecular weight is 265 g/mol. The summed E-state index contributed by atoms with van der Waals surface area (Å²) < 4.78 is 1.61. The molecule has 2 aromatic heterocycles. The number of halogens is 1. The maximum Gasteiger partial charge on any atom is 0.256 e. The Bertz CT molecular complexity index is 586. The Morgan fingerprint density at radius 1 is 1.28 bits per heavy atom. The van der Waals surface area contributed by atoms with E-state index in [-0.39, 0.29) is 5.91 Å². The third-order valence-electron chi connectivity index (χ3n) is 2.43. The van der Waals surface area contributed by atoms with Gasteiger partial charge in [-0.25, -0.2) is 4.98 Å². The van der Waals surface area contributed by atoms with Gasteiger partial charge < -0.3 is 5.32 Å². The van der Waals surface area contributed by atoms with E-state index >= 15 is 0 Å². The Morgan fingerprint density at radius 2 is 2.00 bits per heavy atom. The second-order valence-electron chi connectivity index (χ2n) is 4.07. The van der Waals surface area contributed by atoms with Gasteiger partial charge in [0, 0.05) is 24.4 Å². The van der Waals surface area contributed by atoms with Crippen molar-refractivity contribution in [1.29, 1.82) is 0 Å². The number of rotatable bonds is 2. The lowest BCUT2D eigenvalue weighted by Crippen LogP contribution is -2.15. The predicted molar refractivity (Wildman–Crippen MR) is 69.9 cm³/mol. The van der Waals surface area contributed by atoms with Crippen LogP contribution >= 0.6 is 11.6 Å². The molecular weight excluding hydrogens is 252 g/mol. The molecule has 1 amide bonds. The van der Waals surface area contributed by atoms with Crippen molar-refractivity contribution in [3.63, 3.8) is 0 Å². The standard InChI is InChI=1S/C12H13ClN4O/c1-7-4-9(6-10(13)14-7)12(18)15-11-5-8(2)16-17(11)3/h4-6H,1-3H3,(H,15,18). The van der Waals surface area contributed by atoms with Crippen LogP contribution in [0, 0.1) is 13.8 Å². The molecular formula is C12H13ClN4O. The van der Waals surface area contributed by atoms with E-state index in [2.05, 4.69) is 15.4 Å². The zero-order valence-corrected chi connectivity index (χ0v) is 11.1. The van der Waals surface area contributed by atoms with Gasteiger partial charge >= 0.3 is 0 Å². The molecule has 0 radical (unpaired) electrons. The Hall–Kier alpha value is -1.88. The highest BCUT2D eigenvalue weighted by molar-refractivity contribution is 6.29. The second-order valence-corrected chi connectivity index (χ2v) is 4.46. The summed E-state index contributed by atoms with van der Waals surface area (Å²) in [5.74, 6) is 0.411. The van der Waals surface area contributed by atoms with Crippen LogP contribution in [0.1, 0.15) is 21.7 Å². The molecule has 2 aromatic rings. The summed E-state index contributed by atoms with van der Waals surface area (Å²) >= 11 is 5.82. The first-order valence-electron chi connectivity index (χ1n) is 5.42. The van der Waals surface area contributed by atoms with Crippen molar-refractivity contribution in [3.8, 4) is 0 Å². The number of hydrogen-bond acceptors (Lipinski definition) is 3. The van der Waals surface area contributed by atoms with Gasteiger partial charge in [-0.3, -0.25) is 9.48 Å². The van der Waals surface area contributed by atoms with E-state index in [4.69, 9.17) is 11.6 Å². The van der Waals surface area contributed by atoms with Gasteiger partial charge in [-0.1, -0.05) is 11.6 Å². The summed E-state index contributed by atoms with van der Waals surface area (Å²) in [6.07, 6.45) is 0. The molecule has 0 spiro atoms. The average Bonchev–Trinajstić information content (AvgIpc) is 2.56. The molecule has 18 heavy (non-hydrogen) atoms. The van der Waals surface area contributed by atoms with Crippen LogP contribution in [0.2, 0.25) is 5.15 Å². The fourth-order valence-electron chi connectivity index (χ4n) is 1.68. The van der Waals surface area contributed by atoms with Crippen molar-refractivity contribution in [2.75, 3.05) is 5.32 Å². The maximum absolute atomic E-state index is 12.0. The van der Waals surface area contributed by atoms with Crippen LogP contribution in [0.25, 0.3) is 0 Å². The third-order valence-corrected chi connectivity index (χ3v) is 2.62. The zero-order chi connectivity index (χ0) is 13.3. The van der Waals surface area contributed by atoms with Gasteiger partial charge in [-0.05, 0) is 26.0 Å². The summed E-state index contributed by atoms with van der Waals surface area (Å²) in [5, 5.41) is 7.24. The van der Waals surface area contributed by atoms with Gasteiger partial charge in [0.25, 0.3) is 5.91 Å². The number of nitrogens with zero attached hydrogens (tertiary/aromatic N) is 3. The molecule has 2 heterocycles. The van der Waals surface area contributed by atoms with Gasteiger partial charge in [-0.15, -0.1) is 0 Å². The van der Waals surface area contributed by atoms with Crippen molar-refractivity contribution < 1.29 is 4.79 Å². The molecule has 0 aliphatic rings. The highest BCUT2D eigenvalue weighted by Gasteiger charge is 2.11. The molecule has 0 bridgehead atoms. The molecule has 2 rings (SSSR count). The summed E-state index contributed by atoms with van der Waals surface area (Å²) in [5.41, 5.74) is 2.02. The van der Waals surface area contributed by atoms with Crippen molar-refractivity contribution in [3.05, 3.63) is 40.3 Å². The lowest BCUT2D eigenvalue weighted by Gasteiger charge is -2.06. The van der Waals surface area contributed by atoms with Crippen molar-refractivity contribution >= 4 is 23.3 Å². The Labute approximate surface area is 110 Å². The van der Waals surface area contributed by atoms with E-state index < -0.39 is 0 Å². The Balaban J connectivity index is 2.24. The van der Waals surface area contributed by atoms with E-state index in [0.717, 1.165) is 5.69 Å². The number of nitrogens with one attached hydrogen (secondary N) is 1. The number of aryl methyl sites for hydroxylation is 3. The molecule has 0 fully saturated rings. The Kier molecular flexibility index (Phi) is 3.34. The summed E-state index contributed by atoms with van der Waals surface area (Å²) in [7, 11) is 1.77. The number of hydrogen-bond donors (Lipinski definition) is 1. The van der Waals surface area contributed by atoms with E-state index in [9.17, 15) is 4.79 Å². The van der Waals surface area contributed by atoms with E-state index in [0.29, 0.717) is 22.2 Å². The minimum atomic E-state index is -0.231. The van der Waals surface area contributed by atoms with Crippen molar-refractivity contribution in [2.24, 2.45) is 7.05 Å². The molecule has 0 aliphatic carbocycles. The highest BCUT2D eigenvalue weighted by atomic mass is 35.5. The minimum absolute atomic E-state index is 0.231. The molecule has 6 heteroatoms. The van der Waals surface area contributed by atoms with Crippen LogP contribution in [0.15, 0.2) is 18.2 Å². The molecule has 0 atom stereocenters. The van der Waals surface area contributed by atoms with Gasteiger partial charge in [0.05, 0.1) is 5.69 Å². The third kappa shape index (κ3) is 2.68. The fraction of sp³-hybridized carbons (Fsp3) is 0.250.